The van der Waals surface area contributed by atoms with Crippen molar-refractivity contribution in [2.24, 2.45) is 0 Å². The summed E-state index contributed by atoms with van der Waals surface area (Å²) in [5.41, 5.74) is 2.34. The van der Waals surface area contributed by atoms with E-state index in [4.69, 9.17) is 9.84 Å². The topological polar surface area (TPSA) is 58.6 Å². The largest absolute Gasteiger partial charge is 0.394 e. The summed E-state index contributed by atoms with van der Waals surface area (Å²) >= 11 is 5.06. The van der Waals surface area contributed by atoms with Crippen LogP contribution in [0.25, 0.3) is 0 Å². The van der Waals surface area contributed by atoms with E-state index in [9.17, 15) is 4.79 Å². The lowest BCUT2D eigenvalue weighted by Crippen LogP contribution is -2.27. The minimum absolute atomic E-state index is 0.0298. The van der Waals surface area contributed by atoms with Gasteiger partial charge in [-0.2, -0.15) is 0 Å². The van der Waals surface area contributed by atoms with Gasteiger partial charge < -0.3 is 15.2 Å². The Morgan fingerprint density at radius 2 is 2.10 bits per heavy atom. The molecule has 0 aliphatic carbocycles. The van der Waals surface area contributed by atoms with Crippen molar-refractivity contribution in [3.63, 3.8) is 0 Å². The molecular weight excluding hydrogens is 354 g/mol. The van der Waals surface area contributed by atoms with Crippen LogP contribution in [0.2, 0.25) is 0 Å². The molecule has 1 aromatic carbocycles. The third-order valence-electron chi connectivity index (χ3n) is 2.84. The molecule has 0 atom stereocenters. The van der Waals surface area contributed by atoms with Crippen molar-refractivity contribution >= 4 is 33.6 Å². The average Bonchev–Trinajstić information content (AvgIpc) is 2.45. The Kier molecular flexibility index (Phi) is 8.99. The van der Waals surface area contributed by atoms with Crippen LogP contribution in [0.4, 0.5) is 0 Å². The lowest BCUT2D eigenvalue weighted by Gasteiger charge is -2.09. The lowest BCUT2D eigenvalue weighted by atomic mass is 10.2. The number of aliphatic hydroxyl groups is 1. The van der Waals surface area contributed by atoms with Crippen molar-refractivity contribution in [1.82, 2.24) is 5.32 Å². The van der Waals surface area contributed by atoms with Crippen LogP contribution in [-0.2, 0) is 9.53 Å². The Bertz CT molecular complexity index is 468. The molecule has 0 fully saturated rings. The van der Waals surface area contributed by atoms with Crippen LogP contribution in [0.1, 0.15) is 17.5 Å². The second kappa shape index (κ2) is 10.2. The number of carbonyl (C=O) groups excluding carboxylic acids is 1. The van der Waals surface area contributed by atoms with Gasteiger partial charge in [0.15, 0.2) is 0 Å². The van der Waals surface area contributed by atoms with E-state index in [1.807, 2.05) is 13.8 Å². The zero-order chi connectivity index (χ0) is 15.7. The van der Waals surface area contributed by atoms with Crippen LogP contribution in [0, 0.1) is 13.8 Å². The summed E-state index contributed by atoms with van der Waals surface area (Å²) in [7, 11) is 0. The highest BCUT2D eigenvalue weighted by molar-refractivity contribution is 9.10. The summed E-state index contributed by atoms with van der Waals surface area (Å²) in [4.78, 5) is 12.9. The summed E-state index contributed by atoms with van der Waals surface area (Å²) in [6.07, 6.45) is 0.757. The normalized spacial score (nSPS) is 10.7. The molecule has 0 unspecified atom stereocenters. The van der Waals surface area contributed by atoms with Gasteiger partial charge in [0.25, 0.3) is 0 Å². The minimum Gasteiger partial charge on any atom is -0.394 e. The zero-order valence-corrected chi connectivity index (χ0v) is 14.8. The Hall–Kier alpha value is -0.560. The molecule has 0 saturated heterocycles. The van der Waals surface area contributed by atoms with E-state index in [1.54, 1.807) is 11.8 Å². The number of nitrogens with one attached hydrogen (secondary N) is 1. The van der Waals surface area contributed by atoms with Crippen LogP contribution in [0.15, 0.2) is 21.5 Å². The summed E-state index contributed by atoms with van der Waals surface area (Å²) in [6.45, 7) is 5.63. The Morgan fingerprint density at radius 1 is 1.33 bits per heavy atom. The highest BCUT2D eigenvalue weighted by atomic mass is 79.9. The van der Waals surface area contributed by atoms with Crippen LogP contribution < -0.4 is 5.32 Å². The number of carbonyl (C=O) groups is 1. The Balaban J connectivity index is 2.25. The maximum Gasteiger partial charge on any atom is 0.230 e. The van der Waals surface area contributed by atoms with Gasteiger partial charge in [0.05, 0.1) is 19.0 Å². The van der Waals surface area contributed by atoms with Crippen molar-refractivity contribution < 1.29 is 14.6 Å². The number of aryl methyl sites for hydroxylation is 2. The second-order valence-electron chi connectivity index (χ2n) is 4.70. The molecule has 0 spiro atoms. The molecule has 0 aromatic heterocycles. The van der Waals surface area contributed by atoms with Gasteiger partial charge in [-0.1, -0.05) is 15.9 Å². The van der Waals surface area contributed by atoms with E-state index in [0.717, 1.165) is 15.8 Å². The standard InChI is InChI=1S/C15H22BrNO3S/c1-11-9-14(12(2)8-13(11)16)21-10-15(19)17-4-3-6-20-7-5-18/h8-9,18H,3-7,10H2,1-2H3,(H,17,19). The first-order chi connectivity index (χ1) is 10.0. The molecule has 1 rings (SSSR count). The predicted octanol–water partition coefficient (Wildman–Crippen LogP) is 2.67. The number of benzene rings is 1. The highest BCUT2D eigenvalue weighted by Gasteiger charge is 2.06. The van der Waals surface area contributed by atoms with E-state index in [2.05, 4.69) is 33.4 Å². The van der Waals surface area contributed by atoms with Crippen LogP contribution in [0.3, 0.4) is 0 Å². The molecule has 0 aliphatic rings. The Labute approximate surface area is 138 Å². The number of hydrogen-bond donors (Lipinski definition) is 2. The molecule has 21 heavy (non-hydrogen) atoms. The van der Waals surface area contributed by atoms with Crippen molar-refractivity contribution in [1.29, 1.82) is 0 Å². The lowest BCUT2D eigenvalue weighted by molar-refractivity contribution is -0.118. The Morgan fingerprint density at radius 3 is 2.81 bits per heavy atom. The molecular formula is C15H22BrNO3S. The number of thioether (sulfide) groups is 1. The van der Waals surface area contributed by atoms with Gasteiger partial charge in [0.2, 0.25) is 5.91 Å². The molecule has 0 saturated carbocycles. The van der Waals surface area contributed by atoms with E-state index in [-0.39, 0.29) is 12.5 Å². The fourth-order valence-corrected chi connectivity index (χ4v) is 3.07. The molecule has 1 amide bonds. The van der Waals surface area contributed by atoms with E-state index >= 15 is 0 Å². The molecule has 0 radical (unpaired) electrons. The first-order valence-corrected chi connectivity index (χ1v) is 8.67. The third kappa shape index (κ3) is 7.31. The monoisotopic (exact) mass is 375 g/mol. The number of amides is 1. The number of rotatable bonds is 9. The molecule has 6 heteroatoms. The van der Waals surface area contributed by atoms with Gasteiger partial charge in [0.1, 0.15) is 0 Å². The number of aliphatic hydroxyl groups excluding tert-OH is 1. The summed E-state index contributed by atoms with van der Waals surface area (Å²) < 4.78 is 6.22. The van der Waals surface area contributed by atoms with Crippen LogP contribution in [0.5, 0.6) is 0 Å². The van der Waals surface area contributed by atoms with Crippen LogP contribution in [-0.4, -0.2) is 43.1 Å². The van der Waals surface area contributed by atoms with Gasteiger partial charge in [-0.3, -0.25) is 4.79 Å². The molecule has 0 aliphatic heterocycles. The molecule has 2 N–H and O–H groups in total. The second-order valence-corrected chi connectivity index (χ2v) is 6.57. The summed E-state index contributed by atoms with van der Waals surface area (Å²) in [5, 5.41) is 11.4. The fraction of sp³-hybridized carbons (Fsp3) is 0.533. The molecule has 1 aromatic rings. The van der Waals surface area contributed by atoms with Crippen molar-refractivity contribution in [2.45, 2.75) is 25.2 Å². The zero-order valence-electron chi connectivity index (χ0n) is 12.4. The van der Waals surface area contributed by atoms with Gasteiger partial charge >= 0.3 is 0 Å². The van der Waals surface area contributed by atoms with Crippen LogP contribution >= 0.6 is 27.7 Å². The SMILES string of the molecule is Cc1cc(SCC(=O)NCCCOCCO)c(C)cc1Br. The molecule has 0 heterocycles. The van der Waals surface area contributed by atoms with E-state index in [0.29, 0.717) is 25.5 Å². The minimum atomic E-state index is 0.0298. The van der Waals surface area contributed by atoms with Crippen molar-refractivity contribution in [2.75, 3.05) is 32.1 Å². The van der Waals surface area contributed by atoms with E-state index < -0.39 is 0 Å². The first-order valence-electron chi connectivity index (χ1n) is 6.89. The number of halogens is 1. The van der Waals surface area contributed by atoms with E-state index in [1.165, 1.54) is 11.1 Å². The van der Waals surface area contributed by atoms with Gasteiger partial charge in [-0.15, -0.1) is 11.8 Å². The van der Waals surface area contributed by atoms with Gasteiger partial charge in [-0.25, -0.2) is 0 Å². The molecule has 0 bridgehead atoms. The number of ether oxygens (including phenoxy) is 1. The predicted molar refractivity (Wildman–Crippen MR) is 89.9 cm³/mol. The highest BCUT2D eigenvalue weighted by Crippen LogP contribution is 2.28. The summed E-state index contributed by atoms with van der Waals surface area (Å²) in [6, 6.07) is 4.17. The third-order valence-corrected chi connectivity index (χ3v) is 4.85. The number of hydrogen-bond acceptors (Lipinski definition) is 4. The maximum absolute atomic E-state index is 11.7. The summed E-state index contributed by atoms with van der Waals surface area (Å²) in [5.74, 6) is 0.446. The average molecular weight is 376 g/mol. The fourth-order valence-electron chi connectivity index (χ4n) is 1.67. The van der Waals surface area contributed by atoms with Crippen molar-refractivity contribution in [3.8, 4) is 0 Å². The van der Waals surface area contributed by atoms with Gasteiger partial charge in [-0.05, 0) is 43.5 Å². The van der Waals surface area contributed by atoms with Gasteiger partial charge in [0, 0.05) is 22.5 Å². The smallest absolute Gasteiger partial charge is 0.230 e. The first kappa shape index (κ1) is 18.5. The van der Waals surface area contributed by atoms with Crippen molar-refractivity contribution in [3.05, 3.63) is 27.7 Å². The molecule has 118 valence electrons. The molecule has 4 nitrogen and oxygen atoms in total. The maximum atomic E-state index is 11.7. The quantitative estimate of drug-likeness (QED) is 0.514.